The lowest BCUT2D eigenvalue weighted by atomic mass is 10.1. The number of hydrogen-bond donors (Lipinski definition) is 4. The topological polar surface area (TPSA) is 58.6 Å². The quantitative estimate of drug-likeness (QED) is 0.463. The maximum atomic E-state index is 10.2. The largest absolute Gasteiger partial charge is 0.491 e. The van der Waals surface area contributed by atoms with Crippen LogP contribution >= 0.6 is 0 Å². The number of hydrogen-bond acceptors (Lipinski definition) is 3. The lowest BCUT2D eigenvalue weighted by Crippen LogP contribution is -3.28. The lowest BCUT2D eigenvalue weighted by molar-refractivity contribution is -1.01. The summed E-state index contributed by atoms with van der Waals surface area (Å²) in [6.45, 7) is 10.6. The van der Waals surface area contributed by atoms with E-state index in [2.05, 4.69) is 13.8 Å². The van der Waals surface area contributed by atoms with Gasteiger partial charge in [-0.3, -0.25) is 0 Å². The molecule has 1 aromatic carbocycles. The van der Waals surface area contributed by atoms with Crippen LogP contribution in [0.15, 0.2) is 18.2 Å². The van der Waals surface area contributed by atoms with Crippen LogP contribution in [0.25, 0.3) is 0 Å². The van der Waals surface area contributed by atoms with Crippen molar-refractivity contribution in [1.82, 2.24) is 0 Å². The van der Waals surface area contributed by atoms with Gasteiger partial charge in [0.15, 0.2) is 0 Å². The molecule has 2 rings (SSSR count). The third kappa shape index (κ3) is 5.25. The monoisotopic (exact) mass is 310 g/mol. The predicted octanol–water partition coefficient (Wildman–Crippen LogP) is -2.18. The fraction of sp³-hybridized carbons (Fsp3) is 0.647. The summed E-state index contributed by atoms with van der Waals surface area (Å²) in [7, 11) is 0. The van der Waals surface area contributed by atoms with Gasteiger partial charge in [0.2, 0.25) is 0 Å². The van der Waals surface area contributed by atoms with E-state index in [9.17, 15) is 5.11 Å². The molecule has 1 saturated heterocycles. The first-order chi connectivity index (χ1) is 10.6. The number of aliphatic hydroxyl groups excluding tert-OH is 2. The Morgan fingerprint density at radius 2 is 1.77 bits per heavy atom. The number of rotatable bonds is 7. The SMILES string of the molecule is Cc1ccc(OC[C@H](O)C[NH+]2CC[NH+](CCO)CC2)cc1C. The second-order valence-corrected chi connectivity index (χ2v) is 6.39. The highest BCUT2D eigenvalue weighted by atomic mass is 16.5. The minimum atomic E-state index is -0.434. The molecule has 0 spiro atoms. The van der Waals surface area contributed by atoms with Gasteiger partial charge < -0.3 is 24.7 Å². The number of piperazine rings is 1. The fourth-order valence-electron chi connectivity index (χ4n) is 2.96. The summed E-state index contributed by atoms with van der Waals surface area (Å²) < 4.78 is 5.70. The average Bonchev–Trinajstić information content (AvgIpc) is 2.51. The molecule has 0 radical (unpaired) electrons. The van der Waals surface area contributed by atoms with E-state index in [0.717, 1.165) is 45.0 Å². The van der Waals surface area contributed by atoms with E-state index in [4.69, 9.17) is 9.84 Å². The Morgan fingerprint density at radius 3 is 2.41 bits per heavy atom. The molecule has 1 atom stereocenters. The highest BCUT2D eigenvalue weighted by Crippen LogP contribution is 2.16. The van der Waals surface area contributed by atoms with Gasteiger partial charge in [-0.25, -0.2) is 0 Å². The Kier molecular flexibility index (Phi) is 6.64. The Morgan fingerprint density at radius 1 is 1.09 bits per heavy atom. The van der Waals surface area contributed by atoms with Crippen molar-refractivity contribution >= 4 is 0 Å². The van der Waals surface area contributed by atoms with Crippen molar-refractivity contribution in [2.24, 2.45) is 0 Å². The normalized spacial score (nSPS) is 23.3. The molecule has 0 bridgehead atoms. The Bertz CT molecular complexity index is 459. The summed E-state index contributed by atoms with van der Waals surface area (Å²) >= 11 is 0. The Hall–Kier alpha value is -1.14. The molecule has 0 unspecified atom stereocenters. The van der Waals surface area contributed by atoms with E-state index >= 15 is 0 Å². The molecule has 1 aromatic rings. The molecule has 124 valence electrons. The summed E-state index contributed by atoms with van der Waals surface area (Å²) in [6, 6.07) is 6.02. The standard InChI is InChI=1S/C17H28N2O3/c1-14-3-4-17(11-15(14)2)22-13-16(21)12-19-7-5-18(6-8-19)9-10-20/h3-4,11,16,20-21H,5-10,12-13H2,1-2H3/p+2/t16-/m1/s1. The third-order valence-electron chi connectivity index (χ3n) is 4.57. The van der Waals surface area contributed by atoms with E-state index < -0.39 is 6.10 Å². The summed E-state index contributed by atoms with van der Waals surface area (Å²) in [6.07, 6.45) is -0.434. The predicted molar refractivity (Wildman–Crippen MR) is 85.6 cm³/mol. The van der Waals surface area contributed by atoms with E-state index in [0.29, 0.717) is 6.61 Å². The number of nitrogens with one attached hydrogen (secondary N) is 2. The van der Waals surface area contributed by atoms with Gasteiger partial charge in [0, 0.05) is 0 Å². The third-order valence-corrected chi connectivity index (χ3v) is 4.57. The van der Waals surface area contributed by atoms with Crippen LogP contribution in [-0.4, -0.2) is 68.8 Å². The number of aryl methyl sites for hydroxylation is 2. The zero-order chi connectivity index (χ0) is 15.9. The maximum Gasteiger partial charge on any atom is 0.137 e. The minimum absolute atomic E-state index is 0.261. The van der Waals surface area contributed by atoms with Crippen molar-refractivity contribution in [3.05, 3.63) is 29.3 Å². The van der Waals surface area contributed by atoms with Crippen molar-refractivity contribution in [3.8, 4) is 5.75 Å². The summed E-state index contributed by atoms with van der Waals surface area (Å²) in [5.41, 5.74) is 2.46. The molecule has 1 fully saturated rings. The molecule has 22 heavy (non-hydrogen) atoms. The van der Waals surface area contributed by atoms with Gasteiger partial charge in [0.1, 0.15) is 57.7 Å². The van der Waals surface area contributed by atoms with Crippen molar-refractivity contribution in [2.45, 2.75) is 20.0 Å². The summed E-state index contributed by atoms with van der Waals surface area (Å²) in [5, 5.41) is 19.1. The van der Waals surface area contributed by atoms with E-state index in [1.165, 1.54) is 20.9 Å². The molecule has 5 nitrogen and oxygen atoms in total. The number of benzene rings is 1. The molecule has 0 aromatic heterocycles. The Labute approximate surface area is 133 Å². The van der Waals surface area contributed by atoms with Crippen LogP contribution in [-0.2, 0) is 0 Å². The number of quaternary nitrogens is 2. The van der Waals surface area contributed by atoms with E-state index in [-0.39, 0.29) is 6.61 Å². The van der Waals surface area contributed by atoms with Crippen LogP contribution in [0.1, 0.15) is 11.1 Å². The zero-order valence-corrected chi connectivity index (χ0v) is 13.8. The smallest absolute Gasteiger partial charge is 0.137 e. The average molecular weight is 310 g/mol. The first-order valence-electron chi connectivity index (χ1n) is 8.24. The molecule has 4 N–H and O–H groups in total. The Balaban J connectivity index is 1.69. The van der Waals surface area contributed by atoms with E-state index in [1.807, 2.05) is 18.2 Å². The van der Waals surface area contributed by atoms with Crippen molar-refractivity contribution in [2.75, 3.05) is 52.5 Å². The lowest BCUT2D eigenvalue weighted by Gasteiger charge is -2.30. The van der Waals surface area contributed by atoms with Crippen molar-refractivity contribution < 1.29 is 24.7 Å². The summed E-state index contributed by atoms with van der Waals surface area (Å²) in [5.74, 6) is 0.828. The molecular formula is C17H30N2O3+2. The molecule has 0 aliphatic carbocycles. The molecule has 5 heteroatoms. The van der Waals surface area contributed by atoms with E-state index in [1.54, 1.807) is 0 Å². The highest BCUT2D eigenvalue weighted by Gasteiger charge is 2.24. The van der Waals surface area contributed by atoms with Crippen LogP contribution in [0.4, 0.5) is 0 Å². The molecule has 0 saturated carbocycles. The zero-order valence-electron chi connectivity index (χ0n) is 13.8. The van der Waals surface area contributed by atoms with Crippen molar-refractivity contribution in [3.63, 3.8) is 0 Å². The van der Waals surface area contributed by atoms with Gasteiger partial charge in [-0.1, -0.05) is 6.07 Å². The van der Waals surface area contributed by atoms with Gasteiger partial charge in [0.25, 0.3) is 0 Å². The van der Waals surface area contributed by atoms with Crippen LogP contribution in [0, 0.1) is 13.8 Å². The number of ether oxygens (including phenoxy) is 1. The van der Waals surface area contributed by atoms with Crippen LogP contribution in [0.5, 0.6) is 5.75 Å². The first kappa shape index (κ1) is 17.2. The minimum Gasteiger partial charge on any atom is -0.491 e. The first-order valence-corrected chi connectivity index (χ1v) is 8.24. The molecule has 0 amide bonds. The second-order valence-electron chi connectivity index (χ2n) is 6.39. The fourth-order valence-corrected chi connectivity index (χ4v) is 2.96. The number of aliphatic hydroxyl groups is 2. The van der Waals surface area contributed by atoms with Crippen LogP contribution in [0.2, 0.25) is 0 Å². The maximum absolute atomic E-state index is 10.2. The second kappa shape index (κ2) is 8.48. The van der Waals surface area contributed by atoms with Crippen molar-refractivity contribution in [1.29, 1.82) is 0 Å². The van der Waals surface area contributed by atoms with Crippen LogP contribution in [0.3, 0.4) is 0 Å². The van der Waals surface area contributed by atoms with Gasteiger partial charge in [-0.2, -0.15) is 0 Å². The van der Waals surface area contributed by atoms with Gasteiger partial charge in [-0.05, 0) is 37.1 Å². The molecular weight excluding hydrogens is 280 g/mol. The van der Waals surface area contributed by atoms with Gasteiger partial charge >= 0.3 is 0 Å². The van der Waals surface area contributed by atoms with Gasteiger partial charge in [0.05, 0.1) is 6.61 Å². The molecule has 1 aliphatic heterocycles. The molecule has 1 aliphatic rings. The highest BCUT2D eigenvalue weighted by molar-refractivity contribution is 5.33. The van der Waals surface area contributed by atoms with Gasteiger partial charge in [-0.15, -0.1) is 0 Å². The summed E-state index contributed by atoms with van der Waals surface area (Å²) in [4.78, 5) is 2.89. The van der Waals surface area contributed by atoms with Crippen LogP contribution < -0.4 is 14.5 Å². The molecule has 1 heterocycles.